The zero-order valence-corrected chi connectivity index (χ0v) is 16.1. The van der Waals surface area contributed by atoms with E-state index in [-0.39, 0.29) is 0 Å². The summed E-state index contributed by atoms with van der Waals surface area (Å²) in [6, 6.07) is 4.04. The van der Waals surface area contributed by atoms with Crippen LogP contribution in [0.1, 0.15) is 16.3 Å². The predicted molar refractivity (Wildman–Crippen MR) is 95.3 cm³/mol. The Morgan fingerprint density at radius 2 is 2.00 bits per heavy atom. The fourth-order valence-electron chi connectivity index (χ4n) is 1.88. The maximum atomic E-state index is 9.41. The standard InChI is InChI=1S/C15H12Br2N2O2S/c1-8-7-22-15(19-8)10(6-18)4-9-5-11(16)14(21-3)12(17)13(9)20-2/h4-5,7H,1-3H3/b10-4-. The topological polar surface area (TPSA) is 55.1 Å². The fraction of sp³-hybridized carbons (Fsp3) is 0.200. The summed E-state index contributed by atoms with van der Waals surface area (Å²) in [4.78, 5) is 4.35. The van der Waals surface area contributed by atoms with Crippen molar-refractivity contribution in [1.29, 1.82) is 5.26 Å². The highest BCUT2D eigenvalue weighted by Crippen LogP contribution is 2.43. The molecule has 114 valence electrons. The summed E-state index contributed by atoms with van der Waals surface area (Å²) in [5.74, 6) is 1.23. The summed E-state index contributed by atoms with van der Waals surface area (Å²) in [6.45, 7) is 1.90. The molecule has 0 aliphatic carbocycles. The number of benzene rings is 1. The summed E-state index contributed by atoms with van der Waals surface area (Å²) in [7, 11) is 3.16. The highest BCUT2D eigenvalue weighted by molar-refractivity contribution is 9.11. The van der Waals surface area contributed by atoms with E-state index < -0.39 is 0 Å². The Morgan fingerprint density at radius 1 is 1.32 bits per heavy atom. The first-order valence-electron chi connectivity index (χ1n) is 6.16. The van der Waals surface area contributed by atoms with Crippen molar-refractivity contribution in [2.45, 2.75) is 6.92 Å². The van der Waals surface area contributed by atoms with Crippen molar-refractivity contribution < 1.29 is 9.47 Å². The van der Waals surface area contributed by atoms with Crippen molar-refractivity contribution >= 4 is 54.8 Å². The molecule has 1 aromatic carbocycles. The highest BCUT2D eigenvalue weighted by atomic mass is 79.9. The minimum absolute atomic E-state index is 0.486. The van der Waals surface area contributed by atoms with Crippen LogP contribution in [0, 0.1) is 18.3 Å². The lowest BCUT2D eigenvalue weighted by molar-refractivity contribution is 0.387. The fourth-order valence-corrected chi connectivity index (χ4v) is 4.28. The summed E-state index contributed by atoms with van der Waals surface area (Å²) in [6.07, 6.45) is 1.76. The first kappa shape index (κ1) is 17.0. The third-order valence-electron chi connectivity index (χ3n) is 2.84. The molecule has 0 saturated heterocycles. The van der Waals surface area contributed by atoms with Crippen molar-refractivity contribution in [3.8, 4) is 17.6 Å². The van der Waals surface area contributed by atoms with Gasteiger partial charge in [0.1, 0.15) is 21.3 Å². The van der Waals surface area contributed by atoms with Gasteiger partial charge in [0.2, 0.25) is 0 Å². The molecule has 0 saturated carbocycles. The number of nitriles is 1. The Kier molecular flexibility index (Phi) is 5.62. The smallest absolute Gasteiger partial charge is 0.151 e. The molecular weight excluding hydrogens is 432 g/mol. The molecule has 2 rings (SSSR count). The predicted octanol–water partition coefficient (Wildman–Crippen LogP) is 5.06. The monoisotopic (exact) mass is 442 g/mol. The van der Waals surface area contributed by atoms with E-state index in [4.69, 9.17) is 9.47 Å². The van der Waals surface area contributed by atoms with Gasteiger partial charge in [-0.25, -0.2) is 4.98 Å². The van der Waals surface area contributed by atoms with Crippen LogP contribution in [0.15, 0.2) is 20.4 Å². The second-order valence-corrected chi connectivity index (χ2v) is 6.80. The summed E-state index contributed by atoms with van der Waals surface area (Å²) < 4.78 is 12.2. The van der Waals surface area contributed by atoms with Crippen molar-refractivity contribution in [3.05, 3.63) is 36.7 Å². The third kappa shape index (κ3) is 3.35. The first-order chi connectivity index (χ1) is 10.5. The van der Waals surface area contributed by atoms with Crippen molar-refractivity contribution in [1.82, 2.24) is 4.98 Å². The molecule has 2 aromatic rings. The van der Waals surface area contributed by atoms with E-state index in [1.807, 2.05) is 18.4 Å². The summed E-state index contributed by atoms with van der Waals surface area (Å²) in [5.41, 5.74) is 2.14. The Balaban J connectivity index is 2.61. The number of ether oxygens (including phenoxy) is 2. The Morgan fingerprint density at radius 3 is 2.50 bits per heavy atom. The number of halogens is 2. The van der Waals surface area contributed by atoms with Crippen molar-refractivity contribution in [2.75, 3.05) is 14.2 Å². The van der Waals surface area contributed by atoms with Gasteiger partial charge < -0.3 is 9.47 Å². The van der Waals surface area contributed by atoms with Gasteiger partial charge in [0.25, 0.3) is 0 Å². The van der Waals surface area contributed by atoms with E-state index in [0.29, 0.717) is 26.6 Å². The van der Waals surface area contributed by atoms with Crippen LogP contribution in [0.2, 0.25) is 0 Å². The summed E-state index contributed by atoms with van der Waals surface area (Å²) >= 11 is 8.37. The normalized spacial score (nSPS) is 11.2. The van der Waals surface area contributed by atoms with E-state index in [1.54, 1.807) is 20.3 Å². The first-order valence-corrected chi connectivity index (χ1v) is 8.62. The number of hydrogen-bond donors (Lipinski definition) is 0. The molecule has 22 heavy (non-hydrogen) atoms. The SMILES string of the molecule is COc1c(Br)cc(/C=C(/C#N)c2nc(C)cs2)c(OC)c1Br. The van der Waals surface area contributed by atoms with Gasteiger partial charge in [-0.3, -0.25) is 0 Å². The van der Waals surface area contributed by atoms with E-state index >= 15 is 0 Å². The zero-order valence-electron chi connectivity index (χ0n) is 12.1. The van der Waals surface area contributed by atoms with E-state index in [9.17, 15) is 5.26 Å². The van der Waals surface area contributed by atoms with Gasteiger partial charge in [-0.2, -0.15) is 5.26 Å². The lowest BCUT2D eigenvalue weighted by Crippen LogP contribution is -1.94. The largest absolute Gasteiger partial charge is 0.495 e. The second kappa shape index (κ2) is 7.27. The van der Waals surface area contributed by atoms with Crippen LogP contribution in [0.5, 0.6) is 11.5 Å². The molecule has 1 heterocycles. The van der Waals surface area contributed by atoms with Crippen LogP contribution in [-0.4, -0.2) is 19.2 Å². The maximum Gasteiger partial charge on any atom is 0.151 e. The second-order valence-electron chi connectivity index (χ2n) is 4.29. The third-order valence-corrected chi connectivity index (χ3v) is 5.14. The molecule has 0 bridgehead atoms. The molecule has 0 radical (unpaired) electrons. The highest BCUT2D eigenvalue weighted by Gasteiger charge is 2.17. The molecule has 0 N–H and O–H groups in total. The molecular formula is C15H12Br2N2O2S. The molecule has 0 aliphatic rings. The van der Waals surface area contributed by atoms with E-state index in [2.05, 4.69) is 42.9 Å². The van der Waals surface area contributed by atoms with Gasteiger partial charge in [-0.15, -0.1) is 11.3 Å². The lowest BCUT2D eigenvalue weighted by atomic mass is 10.1. The van der Waals surface area contributed by atoms with E-state index in [1.165, 1.54) is 11.3 Å². The van der Waals surface area contributed by atoms with Gasteiger partial charge in [-0.05, 0) is 50.9 Å². The average molecular weight is 444 g/mol. The summed E-state index contributed by atoms with van der Waals surface area (Å²) in [5, 5.41) is 12.0. The van der Waals surface area contributed by atoms with Gasteiger partial charge in [-0.1, -0.05) is 0 Å². The molecule has 0 atom stereocenters. The zero-order chi connectivity index (χ0) is 16.3. The van der Waals surface area contributed by atoms with Crippen LogP contribution < -0.4 is 9.47 Å². The molecule has 0 spiro atoms. The van der Waals surface area contributed by atoms with Crippen LogP contribution in [-0.2, 0) is 0 Å². The molecule has 0 unspecified atom stereocenters. The number of methoxy groups -OCH3 is 2. The van der Waals surface area contributed by atoms with Gasteiger partial charge in [0.05, 0.1) is 24.3 Å². The van der Waals surface area contributed by atoms with Crippen molar-refractivity contribution in [3.63, 3.8) is 0 Å². The van der Waals surface area contributed by atoms with Gasteiger partial charge >= 0.3 is 0 Å². The Bertz CT molecular complexity index is 779. The average Bonchev–Trinajstić information content (AvgIpc) is 2.91. The van der Waals surface area contributed by atoms with Crippen LogP contribution in [0.4, 0.5) is 0 Å². The Labute approximate surface area is 149 Å². The molecule has 0 aliphatic heterocycles. The minimum Gasteiger partial charge on any atom is -0.495 e. The van der Waals surface area contributed by atoms with Crippen LogP contribution in [0.25, 0.3) is 11.6 Å². The number of allylic oxidation sites excluding steroid dienone is 1. The number of aryl methyl sites for hydroxylation is 1. The van der Waals surface area contributed by atoms with Gasteiger partial charge in [0.15, 0.2) is 5.75 Å². The number of rotatable bonds is 4. The molecule has 4 nitrogen and oxygen atoms in total. The lowest BCUT2D eigenvalue weighted by Gasteiger charge is -2.13. The number of thiazole rings is 1. The number of hydrogen-bond acceptors (Lipinski definition) is 5. The molecule has 0 amide bonds. The van der Waals surface area contributed by atoms with Crippen molar-refractivity contribution in [2.24, 2.45) is 0 Å². The minimum atomic E-state index is 0.486. The van der Waals surface area contributed by atoms with Crippen LogP contribution >= 0.6 is 43.2 Å². The van der Waals surface area contributed by atoms with Gasteiger partial charge in [0, 0.05) is 16.6 Å². The number of aromatic nitrogens is 1. The molecule has 1 aromatic heterocycles. The molecule has 7 heteroatoms. The van der Waals surface area contributed by atoms with Crippen LogP contribution in [0.3, 0.4) is 0 Å². The van der Waals surface area contributed by atoms with E-state index in [0.717, 1.165) is 15.7 Å². The molecule has 0 fully saturated rings. The maximum absolute atomic E-state index is 9.41. The Hall–Kier alpha value is -1.36. The quantitative estimate of drug-likeness (QED) is 0.619. The number of nitrogens with zero attached hydrogens (tertiary/aromatic N) is 2.